The van der Waals surface area contributed by atoms with Gasteiger partial charge in [0.2, 0.25) is 6.79 Å². The van der Waals surface area contributed by atoms with Gasteiger partial charge in [-0.1, -0.05) is 0 Å². The van der Waals surface area contributed by atoms with Gasteiger partial charge in [0.05, 0.1) is 0 Å². The maximum absolute atomic E-state index is 11.7. The first-order valence-electron chi connectivity index (χ1n) is 7.60. The van der Waals surface area contributed by atoms with E-state index >= 15 is 0 Å². The van der Waals surface area contributed by atoms with E-state index in [1.807, 2.05) is 42.5 Å². The minimum atomic E-state index is -0.149. The van der Waals surface area contributed by atoms with Crippen molar-refractivity contribution in [2.24, 2.45) is 0 Å². The Kier molecular flexibility index (Phi) is 3.42. The highest BCUT2D eigenvalue weighted by Gasteiger charge is 2.23. The first kappa shape index (κ1) is 13.8. The summed E-state index contributed by atoms with van der Waals surface area (Å²) in [6.07, 6.45) is 2.15. The second-order valence-electron chi connectivity index (χ2n) is 5.64. The van der Waals surface area contributed by atoms with E-state index in [0.717, 1.165) is 41.4 Å². The van der Waals surface area contributed by atoms with Crippen molar-refractivity contribution in [3.63, 3.8) is 0 Å². The number of fused-ring (bicyclic) bond motifs is 1. The molecule has 0 saturated heterocycles. The van der Waals surface area contributed by atoms with Crippen LogP contribution in [0.5, 0.6) is 11.5 Å². The predicted octanol–water partition coefficient (Wildman–Crippen LogP) is 3.44. The molecule has 2 amide bonds. The summed E-state index contributed by atoms with van der Waals surface area (Å²) in [5.41, 5.74) is 2.61. The van der Waals surface area contributed by atoms with E-state index in [0.29, 0.717) is 6.04 Å². The lowest BCUT2D eigenvalue weighted by atomic mass is 10.2. The molecule has 0 radical (unpaired) electrons. The van der Waals surface area contributed by atoms with Crippen LogP contribution in [0.1, 0.15) is 12.8 Å². The quantitative estimate of drug-likeness (QED) is 0.809. The molecule has 23 heavy (non-hydrogen) atoms. The molecule has 6 nitrogen and oxygen atoms in total. The number of rotatable bonds is 4. The molecule has 0 aromatic heterocycles. The third-order valence-corrected chi connectivity index (χ3v) is 3.72. The number of ether oxygens (including phenoxy) is 2. The van der Waals surface area contributed by atoms with E-state index in [1.165, 1.54) is 0 Å². The average Bonchev–Trinajstić information content (AvgIpc) is 3.23. The molecular weight excluding hydrogens is 294 g/mol. The fourth-order valence-corrected chi connectivity index (χ4v) is 2.36. The smallest absolute Gasteiger partial charge is 0.319 e. The minimum Gasteiger partial charge on any atom is -0.454 e. The lowest BCUT2D eigenvalue weighted by molar-refractivity contribution is 0.174. The summed E-state index contributed by atoms with van der Waals surface area (Å²) >= 11 is 0. The zero-order chi connectivity index (χ0) is 15.6. The van der Waals surface area contributed by atoms with E-state index < -0.39 is 0 Å². The normalized spacial score (nSPS) is 15.1. The number of hydrogen-bond donors (Lipinski definition) is 3. The number of nitrogens with one attached hydrogen (secondary N) is 3. The van der Waals surface area contributed by atoms with Gasteiger partial charge in [-0.3, -0.25) is 0 Å². The Hall–Kier alpha value is -2.89. The largest absolute Gasteiger partial charge is 0.454 e. The van der Waals surface area contributed by atoms with Crippen LogP contribution >= 0.6 is 0 Å². The summed E-state index contributed by atoms with van der Waals surface area (Å²) in [5.74, 6) is 1.50. The Morgan fingerprint density at radius 1 is 0.913 bits per heavy atom. The van der Waals surface area contributed by atoms with E-state index in [1.54, 1.807) is 0 Å². The lowest BCUT2D eigenvalue weighted by Gasteiger charge is -2.10. The highest BCUT2D eigenvalue weighted by Crippen LogP contribution is 2.35. The molecule has 2 aromatic rings. The zero-order valence-electron chi connectivity index (χ0n) is 12.5. The van der Waals surface area contributed by atoms with Crippen molar-refractivity contribution in [3.05, 3.63) is 42.5 Å². The number of carbonyl (C=O) groups excluding carboxylic acids is 1. The number of hydrogen-bond acceptors (Lipinski definition) is 4. The fraction of sp³-hybridized carbons (Fsp3) is 0.235. The van der Waals surface area contributed by atoms with Crippen LogP contribution in [0, 0.1) is 0 Å². The van der Waals surface area contributed by atoms with Crippen molar-refractivity contribution in [1.82, 2.24) is 5.32 Å². The molecule has 1 saturated carbocycles. The molecule has 1 heterocycles. The Morgan fingerprint density at radius 2 is 1.61 bits per heavy atom. The molecule has 0 spiro atoms. The van der Waals surface area contributed by atoms with Crippen molar-refractivity contribution in [3.8, 4) is 11.5 Å². The molecule has 4 rings (SSSR count). The molecule has 1 aliphatic carbocycles. The Balaban J connectivity index is 1.38. The SMILES string of the molecule is O=C(Nc1ccc(Nc2ccc3c(c2)OCO3)cc1)NC1CC1. The lowest BCUT2D eigenvalue weighted by Crippen LogP contribution is -2.30. The van der Waals surface area contributed by atoms with Gasteiger partial charge < -0.3 is 25.4 Å². The molecule has 3 N–H and O–H groups in total. The zero-order valence-corrected chi connectivity index (χ0v) is 12.5. The van der Waals surface area contributed by atoms with Gasteiger partial charge >= 0.3 is 6.03 Å². The van der Waals surface area contributed by atoms with Crippen molar-refractivity contribution in [2.75, 3.05) is 17.4 Å². The topological polar surface area (TPSA) is 71.6 Å². The second kappa shape index (κ2) is 5.72. The monoisotopic (exact) mass is 311 g/mol. The van der Waals surface area contributed by atoms with E-state index in [-0.39, 0.29) is 12.8 Å². The van der Waals surface area contributed by atoms with Crippen LogP contribution in [0.2, 0.25) is 0 Å². The van der Waals surface area contributed by atoms with E-state index in [9.17, 15) is 4.79 Å². The van der Waals surface area contributed by atoms with Crippen molar-refractivity contribution >= 4 is 23.1 Å². The highest BCUT2D eigenvalue weighted by molar-refractivity contribution is 5.89. The van der Waals surface area contributed by atoms with Gasteiger partial charge in [-0.15, -0.1) is 0 Å². The Bertz CT molecular complexity index is 726. The van der Waals surface area contributed by atoms with Gasteiger partial charge in [0.15, 0.2) is 11.5 Å². The van der Waals surface area contributed by atoms with Crippen molar-refractivity contribution in [2.45, 2.75) is 18.9 Å². The molecule has 1 fully saturated rings. The highest BCUT2D eigenvalue weighted by atomic mass is 16.7. The third kappa shape index (κ3) is 3.31. The maximum Gasteiger partial charge on any atom is 0.319 e. The van der Waals surface area contributed by atoms with Gasteiger partial charge in [0.1, 0.15) is 0 Å². The average molecular weight is 311 g/mol. The maximum atomic E-state index is 11.7. The predicted molar refractivity (Wildman–Crippen MR) is 87.5 cm³/mol. The third-order valence-electron chi connectivity index (χ3n) is 3.72. The van der Waals surface area contributed by atoms with Gasteiger partial charge in [-0.05, 0) is 49.2 Å². The molecule has 0 unspecified atom stereocenters. The first-order chi connectivity index (χ1) is 11.3. The van der Waals surface area contributed by atoms with Crippen LogP contribution in [-0.2, 0) is 0 Å². The molecule has 2 aliphatic rings. The molecule has 118 valence electrons. The summed E-state index contributed by atoms with van der Waals surface area (Å²) in [7, 11) is 0. The Labute approximate surface area is 133 Å². The van der Waals surface area contributed by atoms with Crippen LogP contribution in [0.4, 0.5) is 21.9 Å². The molecule has 6 heteroatoms. The van der Waals surface area contributed by atoms with E-state index in [4.69, 9.17) is 9.47 Å². The van der Waals surface area contributed by atoms with Gasteiger partial charge in [-0.25, -0.2) is 4.79 Å². The van der Waals surface area contributed by atoms with Crippen molar-refractivity contribution < 1.29 is 14.3 Å². The molecule has 0 atom stereocenters. The summed E-state index contributed by atoms with van der Waals surface area (Å²) in [6.45, 7) is 0.266. The van der Waals surface area contributed by atoms with Crippen LogP contribution in [0.15, 0.2) is 42.5 Å². The number of carbonyl (C=O) groups is 1. The summed E-state index contributed by atoms with van der Waals surface area (Å²) in [4.78, 5) is 11.7. The van der Waals surface area contributed by atoms with Crippen LogP contribution in [-0.4, -0.2) is 18.9 Å². The van der Waals surface area contributed by atoms with Gasteiger partial charge in [0, 0.05) is 29.2 Å². The molecule has 1 aliphatic heterocycles. The number of benzene rings is 2. The van der Waals surface area contributed by atoms with Crippen LogP contribution in [0.3, 0.4) is 0 Å². The minimum absolute atomic E-state index is 0.149. The molecule has 2 aromatic carbocycles. The van der Waals surface area contributed by atoms with Crippen LogP contribution in [0.25, 0.3) is 0 Å². The molecular formula is C17H17N3O3. The number of amides is 2. The summed E-state index contributed by atoms with van der Waals surface area (Å²) < 4.78 is 10.7. The second-order valence-corrected chi connectivity index (χ2v) is 5.64. The first-order valence-corrected chi connectivity index (χ1v) is 7.60. The molecule has 0 bridgehead atoms. The number of anilines is 3. The summed E-state index contributed by atoms with van der Waals surface area (Å²) in [6, 6.07) is 13.5. The Morgan fingerprint density at radius 3 is 2.39 bits per heavy atom. The van der Waals surface area contributed by atoms with Crippen LogP contribution < -0.4 is 25.4 Å². The summed E-state index contributed by atoms with van der Waals surface area (Å²) in [5, 5.41) is 9.01. The fourth-order valence-electron chi connectivity index (χ4n) is 2.36. The van der Waals surface area contributed by atoms with Gasteiger partial charge in [0.25, 0.3) is 0 Å². The van der Waals surface area contributed by atoms with E-state index in [2.05, 4.69) is 16.0 Å². The standard InChI is InChI=1S/C17H17N3O3/c21-17(20-13-5-6-13)19-12-3-1-11(2-4-12)18-14-7-8-15-16(9-14)23-10-22-15/h1-4,7-9,13,18H,5-6,10H2,(H2,19,20,21). The van der Waals surface area contributed by atoms with Gasteiger partial charge in [-0.2, -0.15) is 0 Å². The van der Waals surface area contributed by atoms with Crippen molar-refractivity contribution in [1.29, 1.82) is 0 Å². The number of urea groups is 1.